The molecule has 3 aromatic rings. The molecule has 148 valence electrons. The van der Waals surface area contributed by atoms with Gasteiger partial charge in [0.25, 0.3) is 5.91 Å². The van der Waals surface area contributed by atoms with Gasteiger partial charge in [0.15, 0.2) is 5.54 Å². The van der Waals surface area contributed by atoms with E-state index >= 15 is 0 Å². The number of hydrogen-bond donors (Lipinski definition) is 1. The number of urea groups is 1. The van der Waals surface area contributed by atoms with Crippen molar-refractivity contribution in [3.63, 3.8) is 0 Å². The summed E-state index contributed by atoms with van der Waals surface area (Å²) in [5.41, 5.74) is 3.33. The number of imide groups is 1. The standard InChI is InChI=1S/C25H21N3O2/c1-17-12-13-22(14-18(17)2)25(21-10-4-3-5-11-21)23(29)28(24(30)27-25)16-20-9-7-6-8-19(20)15-26/h3-14H,16H2,1-2H3,(H,27,30)/t25-/m1/s1. The van der Waals surface area contributed by atoms with E-state index in [2.05, 4.69) is 11.4 Å². The topological polar surface area (TPSA) is 73.2 Å². The summed E-state index contributed by atoms with van der Waals surface area (Å²) in [6, 6.07) is 23.7. The molecule has 0 spiro atoms. The van der Waals surface area contributed by atoms with Crippen LogP contribution in [0, 0.1) is 25.2 Å². The van der Waals surface area contributed by atoms with Crippen molar-refractivity contribution in [2.75, 3.05) is 0 Å². The van der Waals surface area contributed by atoms with Crippen molar-refractivity contribution >= 4 is 11.9 Å². The lowest BCUT2D eigenvalue weighted by molar-refractivity contribution is -0.130. The van der Waals surface area contributed by atoms with Crippen molar-refractivity contribution in [2.45, 2.75) is 25.9 Å². The fraction of sp³-hybridized carbons (Fsp3) is 0.160. The number of carbonyl (C=O) groups excluding carboxylic acids is 2. The molecule has 0 aliphatic carbocycles. The van der Waals surface area contributed by atoms with Gasteiger partial charge in [0.2, 0.25) is 0 Å². The quantitative estimate of drug-likeness (QED) is 0.674. The van der Waals surface area contributed by atoms with Gasteiger partial charge in [-0.1, -0.05) is 66.7 Å². The van der Waals surface area contributed by atoms with E-state index in [0.717, 1.165) is 11.1 Å². The van der Waals surface area contributed by atoms with Gasteiger partial charge in [-0.15, -0.1) is 0 Å². The first-order valence-electron chi connectivity index (χ1n) is 9.72. The van der Waals surface area contributed by atoms with Crippen molar-refractivity contribution in [3.05, 3.63) is 106 Å². The fourth-order valence-electron chi connectivity index (χ4n) is 3.88. The van der Waals surface area contributed by atoms with Crippen LogP contribution in [-0.4, -0.2) is 16.8 Å². The minimum absolute atomic E-state index is 0.0355. The van der Waals surface area contributed by atoms with E-state index in [1.54, 1.807) is 24.3 Å². The highest BCUT2D eigenvalue weighted by Gasteiger charge is 2.53. The SMILES string of the molecule is Cc1ccc([C@@]2(c3ccccc3)NC(=O)N(Cc3ccccc3C#N)C2=O)cc1C. The number of aryl methyl sites for hydroxylation is 2. The third kappa shape index (κ3) is 3.03. The summed E-state index contributed by atoms with van der Waals surface area (Å²) in [5.74, 6) is -0.352. The van der Waals surface area contributed by atoms with Crippen LogP contribution >= 0.6 is 0 Å². The summed E-state index contributed by atoms with van der Waals surface area (Å²) in [7, 11) is 0. The van der Waals surface area contributed by atoms with Gasteiger partial charge in [-0.25, -0.2) is 4.79 Å². The van der Waals surface area contributed by atoms with Crippen LogP contribution in [0.4, 0.5) is 4.79 Å². The largest absolute Gasteiger partial charge is 0.325 e. The van der Waals surface area contributed by atoms with E-state index in [1.807, 2.05) is 62.4 Å². The molecule has 5 nitrogen and oxygen atoms in total. The molecule has 3 amide bonds. The number of nitrogens with one attached hydrogen (secondary N) is 1. The lowest BCUT2D eigenvalue weighted by Crippen LogP contribution is -2.45. The molecular formula is C25H21N3O2. The normalized spacial score (nSPS) is 18.2. The molecule has 30 heavy (non-hydrogen) atoms. The number of carbonyl (C=O) groups is 2. The number of benzene rings is 3. The molecule has 1 heterocycles. The molecule has 0 saturated carbocycles. The summed E-state index contributed by atoms with van der Waals surface area (Å²) < 4.78 is 0. The van der Waals surface area contributed by atoms with Crippen LogP contribution < -0.4 is 5.32 Å². The predicted octanol–water partition coefficient (Wildman–Crippen LogP) is 4.17. The van der Waals surface area contributed by atoms with E-state index in [1.165, 1.54) is 4.90 Å². The number of amides is 3. The molecule has 1 aliphatic rings. The highest BCUT2D eigenvalue weighted by Crippen LogP contribution is 2.37. The Morgan fingerprint density at radius 2 is 1.60 bits per heavy atom. The van der Waals surface area contributed by atoms with Gasteiger partial charge < -0.3 is 5.32 Å². The number of nitriles is 1. The van der Waals surface area contributed by atoms with E-state index in [0.29, 0.717) is 22.3 Å². The second-order valence-corrected chi connectivity index (χ2v) is 7.51. The summed E-state index contributed by atoms with van der Waals surface area (Å²) in [6.45, 7) is 4.03. The van der Waals surface area contributed by atoms with Gasteiger partial charge in [0, 0.05) is 0 Å². The lowest BCUT2D eigenvalue weighted by Gasteiger charge is -2.28. The Morgan fingerprint density at radius 3 is 2.30 bits per heavy atom. The van der Waals surface area contributed by atoms with Gasteiger partial charge in [-0.3, -0.25) is 9.69 Å². The maximum absolute atomic E-state index is 13.8. The minimum Gasteiger partial charge on any atom is -0.315 e. The highest BCUT2D eigenvalue weighted by atomic mass is 16.2. The third-order valence-electron chi connectivity index (χ3n) is 5.72. The number of rotatable bonds is 4. The average molecular weight is 395 g/mol. The fourth-order valence-corrected chi connectivity index (χ4v) is 3.88. The van der Waals surface area contributed by atoms with E-state index in [-0.39, 0.29) is 12.5 Å². The summed E-state index contributed by atoms with van der Waals surface area (Å²) in [4.78, 5) is 28.0. The first-order valence-corrected chi connectivity index (χ1v) is 9.72. The summed E-state index contributed by atoms with van der Waals surface area (Å²) in [5, 5.41) is 12.3. The zero-order chi connectivity index (χ0) is 21.3. The Hall–Kier alpha value is -3.91. The van der Waals surface area contributed by atoms with Crippen LogP contribution in [0.15, 0.2) is 72.8 Å². The molecular weight excluding hydrogens is 374 g/mol. The summed E-state index contributed by atoms with van der Waals surface area (Å²) >= 11 is 0. The van der Waals surface area contributed by atoms with E-state index in [4.69, 9.17) is 0 Å². The smallest absolute Gasteiger partial charge is 0.315 e. The molecule has 3 aromatic carbocycles. The van der Waals surface area contributed by atoms with Crippen molar-refractivity contribution in [3.8, 4) is 6.07 Å². The molecule has 5 heteroatoms. The van der Waals surface area contributed by atoms with Crippen molar-refractivity contribution in [2.24, 2.45) is 0 Å². The number of hydrogen-bond acceptors (Lipinski definition) is 3. The van der Waals surface area contributed by atoms with Crippen LogP contribution in [0.25, 0.3) is 0 Å². The van der Waals surface area contributed by atoms with Crippen LogP contribution in [0.5, 0.6) is 0 Å². The zero-order valence-corrected chi connectivity index (χ0v) is 16.8. The van der Waals surface area contributed by atoms with Gasteiger partial charge in [-0.2, -0.15) is 5.26 Å². The Kier molecular flexibility index (Phi) is 4.85. The van der Waals surface area contributed by atoms with Crippen molar-refractivity contribution in [1.82, 2.24) is 10.2 Å². The molecule has 1 aliphatic heterocycles. The third-order valence-corrected chi connectivity index (χ3v) is 5.72. The highest BCUT2D eigenvalue weighted by molar-refractivity contribution is 6.09. The van der Waals surface area contributed by atoms with Crippen LogP contribution in [0.1, 0.15) is 33.4 Å². The molecule has 1 saturated heterocycles. The van der Waals surface area contributed by atoms with Crippen LogP contribution in [0.2, 0.25) is 0 Å². The van der Waals surface area contributed by atoms with E-state index in [9.17, 15) is 14.9 Å². The zero-order valence-electron chi connectivity index (χ0n) is 16.8. The van der Waals surface area contributed by atoms with Crippen molar-refractivity contribution in [1.29, 1.82) is 5.26 Å². The average Bonchev–Trinajstić information content (AvgIpc) is 3.02. The maximum atomic E-state index is 13.8. The second kappa shape index (κ2) is 7.49. The monoisotopic (exact) mass is 395 g/mol. The molecule has 1 fully saturated rings. The number of nitrogens with zero attached hydrogens (tertiary/aromatic N) is 2. The van der Waals surface area contributed by atoms with E-state index < -0.39 is 11.6 Å². The van der Waals surface area contributed by atoms with Gasteiger partial charge in [0.05, 0.1) is 18.2 Å². The Bertz CT molecular complexity index is 1180. The first kappa shape index (κ1) is 19.4. The van der Waals surface area contributed by atoms with Crippen LogP contribution in [0.3, 0.4) is 0 Å². The maximum Gasteiger partial charge on any atom is 0.325 e. The van der Waals surface area contributed by atoms with Crippen molar-refractivity contribution < 1.29 is 9.59 Å². The molecule has 4 rings (SSSR count). The molecule has 1 atom stereocenters. The minimum atomic E-state index is -1.31. The Labute approximate surface area is 175 Å². The first-order chi connectivity index (χ1) is 14.5. The molecule has 0 radical (unpaired) electrons. The van der Waals surface area contributed by atoms with Gasteiger partial charge in [0.1, 0.15) is 0 Å². The van der Waals surface area contributed by atoms with Gasteiger partial charge >= 0.3 is 6.03 Å². The summed E-state index contributed by atoms with van der Waals surface area (Å²) in [6.07, 6.45) is 0. The Morgan fingerprint density at radius 1 is 0.900 bits per heavy atom. The van der Waals surface area contributed by atoms with Crippen LogP contribution in [-0.2, 0) is 16.9 Å². The molecule has 1 N–H and O–H groups in total. The molecule has 0 unspecified atom stereocenters. The predicted molar refractivity (Wildman–Crippen MR) is 113 cm³/mol. The lowest BCUT2D eigenvalue weighted by atomic mass is 9.81. The Balaban J connectivity index is 1.84. The van der Waals surface area contributed by atoms with Gasteiger partial charge in [-0.05, 0) is 47.7 Å². The second-order valence-electron chi connectivity index (χ2n) is 7.51. The molecule has 0 bridgehead atoms. The molecule has 0 aromatic heterocycles.